The molecular weight excluding hydrogens is 232 g/mol. The van der Waals surface area contributed by atoms with Crippen molar-refractivity contribution in [2.24, 2.45) is 0 Å². The summed E-state index contributed by atoms with van der Waals surface area (Å²) in [5, 5.41) is 10.4. The van der Waals surface area contributed by atoms with Crippen molar-refractivity contribution in [3.63, 3.8) is 0 Å². The van der Waals surface area contributed by atoms with Gasteiger partial charge in [0.1, 0.15) is 5.00 Å². The van der Waals surface area contributed by atoms with Gasteiger partial charge in [0, 0.05) is 35.9 Å². The molecule has 0 unspecified atom stereocenters. The highest BCUT2D eigenvalue weighted by Crippen LogP contribution is 2.18. The van der Waals surface area contributed by atoms with Crippen LogP contribution in [0.2, 0.25) is 0 Å². The Morgan fingerprint density at radius 3 is 2.94 bits per heavy atom. The van der Waals surface area contributed by atoms with Crippen LogP contribution < -0.4 is 5.32 Å². The molecule has 2 heterocycles. The van der Waals surface area contributed by atoms with Gasteiger partial charge in [-0.25, -0.2) is 0 Å². The van der Waals surface area contributed by atoms with Gasteiger partial charge in [-0.05, 0) is 10.9 Å². The number of hydrogen-bond donors (Lipinski definition) is 1. The molecular formula is C12H10N4S. The van der Waals surface area contributed by atoms with Gasteiger partial charge >= 0.3 is 0 Å². The summed E-state index contributed by atoms with van der Waals surface area (Å²) in [5.41, 5.74) is 1.18. The number of rotatable bonds is 3. The number of anilines is 1. The lowest BCUT2D eigenvalue weighted by Gasteiger charge is -2.06. The Morgan fingerprint density at radius 1 is 1.12 bits per heavy atom. The predicted molar refractivity (Wildman–Crippen MR) is 69.0 cm³/mol. The van der Waals surface area contributed by atoms with Gasteiger partial charge in [-0.15, -0.1) is 5.10 Å². The van der Waals surface area contributed by atoms with Crippen molar-refractivity contribution >= 4 is 27.3 Å². The van der Waals surface area contributed by atoms with E-state index in [0.717, 1.165) is 16.9 Å². The van der Waals surface area contributed by atoms with Crippen LogP contribution in [0.3, 0.4) is 0 Å². The molecule has 17 heavy (non-hydrogen) atoms. The van der Waals surface area contributed by atoms with E-state index in [0.29, 0.717) is 0 Å². The average Bonchev–Trinajstić information content (AvgIpc) is 2.89. The number of hydrogen-bond acceptors (Lipinski definition) is 5. The number of pyridine rings is 1. The number of nitrogens with zero attached hydrogens (tertiary/aromatic N) is 3. The molecule has 0 aliphatic rings. The van der Waals surface area contributed by atoms with Crippen LogP contribution in [0, 0.1) is 0 Å². The first-order chi connectivity index (χ1) is 8.43. The minimum atomic E-state index is 0.734. The Balaban J connectivity index is 1.90. The van der Waals surface area contributed by atoms with Crippen molar-refractivity contribution in [2.45, 2.75) is 6.54 Å². The van der Waals surface area contributed by atoms with Gasteiger partial charge in [0.15, 0.2) is 0 Å². The summed E-state index contributed by atoms with van der Waals surface area (Å²) in [6.45, 7) is 0.734. The highest BCUT2D eigenvalue weighted by atomic mass is 32.1. The van der Waals surface area contributed by atoms with E-state index in [-0.39, 0.29) is 0 Å². The highest BCUT2D eigenvalue weighted by Gasteiger charge is 2.01. The molecule has 3 aromatic rings. The molecule has 0 aliphatic carbocycles. The lowest BCUT2D eigenvalue weighted by atomic mass is 10.1. The molecule has 5 heteroatoms. The molecule has 0 radical (unpaired) electrons. The molecule has 1 N–H and O–H groups in total. The summed E-state index contributed by atoms with van der Waals surface area (Å²) < 4.78 is 3.81. The Morgan fingerprint density at radius 2 is 2.06 bits per heavy atom. The van der Waals surface area contributed by atoms with Gasteiger partial charge < -0.3 is 5.32 Å². The summed E-state index contributed by atoms with van der Waals surface area (Å²) in [5.74, 6) is 0. The summed E-state index contributed by atoms with van der Waals surface area (Å²) >= 11 is 1.35. The van der Waals surface area contributed by atoms with Crippen LogP contribution in [0.25, 0.3) is 10.8 Å². The Labute approximate surface area is 102 Å². The number of aromatic nitrogens is 3. The van der Waals surface area contributed by atoms with Crippen molar-refractivity contribution in [1.29, 1.82) is 0 Å². The third kappa shape index (κ3) is 2.09. The number of nitrogens with one attached hydrogen (secondary N) is 1. The van der Waals surface area contributed by atoms with E-state index in [9.17, 15) is 0 Å². The Hall–Kier alpha value is -2.01. The van der Waals surface area contributed by atoms with E-state index in [2.05, 4.69) is 32.0 Å². The molecule has 3 rings (SSSR count). The third-order valence-electron chi connectivity index (χ3n) is 2.57. The van der Waals surface area contributed by atoms with Crippen molar-refractivity contribution in [3.8, 4) is 0 Å². The number of fused-ring (bicyclic) bond motifs is 1. The molecule has 0 bridgehead atoms. The molecule has 84 valence electrons. The molecule has 0 aliphatic heterocycles. The standard InChI is InChI=1S/C12H10N4S/c1-2-4-11-9(3-1)5-13-6-10(11)7-14-12-8-15-16-17-12/h1-6,8,14H,7H2. The molecule has 4 nitrogen and oxygen atoms in total. The van der Waals surface area contributed by atoms with Gasteiger partial charge in [-0.1, -0.05) is 28.8 Å². The zero-order valence-electron chi connectivity index (χ0n) is 9.00. The van der Waals surface area contributed by atoms with Crippen LogP contribution in [0.4, 0.5) is 5.00 Å². The Bertz CT molecular complexity index is 616. The van der Waals surface area contributed by atoms with Crippen LogP contribution in [0.5, 0.6) is 0 Å². The minimum absolute atomic E-state index is 0.734. The second-order valence-corrected chi connectivity index (χ2v) is 4.44. The van der Waals surface area contributed by atoms with Crippen molar-refractivity contribution in [3.05, 3.63) is 48.4 Å². The summed E-state index contributed by atoms with van der Waals surface area (Å²) in [6.07, 6.45) is 5.50. The van der Waals surface area contributed by atoms with Crippen LogP contribution in [-0.4, -0.2) is 14.6 Å². The first-order valence-electron chi connectivity index (χ1n) is 5.26. The maximum absolute atomic E-state index is 4.24. The Kier molecular flexibility index (Phi) is 2.67. The number of benzene rings is 1. The maximum Gasteiger partial charge on any atom is 0.130 e. The third-order valence-corrected chi connectivity index (χ3v) is 3.19. The second-order valence-electron chi connectivity index (χ2n) is 3.66. The fourth-order valence-electron chi connectivity index (χ4n) is 1.75. The largest absolute Gasteiger partial charge is 0.370 e. The minimum Gasteiger partial charge on any atom is -0.370 e. The van der Waals surface area contributed by atoms with Crippen LogP contribution >= 0.6 is 11.5 Å². The zero-order valence-corrected chi connectivity index (χ0v) is 9.81. The van der Waals surface area contributed by atoms with Crippen LogP contribution in [-0.2, 0) is 6.54 Å². The van der Waals surface area contributed by atoms with Crippen molar-refractivity contribution in [1.82, 2.24) is 14.6 Å². The maximum atomic E-state index is 4.24. The molecule has 0 atom stereocenters. The summed E-state index contributed by atoms with van der Waals surface area (Å²) in [6, 6.07) is 8.24. The molecule has 0 amide bonds. The zero-order chi connectivity index (χ0) is 11.5. The van der Waals surface area contributed by atoms with Gasteiger partial charge in [-0.2, -0.15) is 0 Å². The fourth-order valence-corrected chi connectivity index (χ4v) is 2.16. The van der Waals surface area contributed by atoms with E-state index in [1.54, 1.807) is 6.20 Å². The first-order valence-corrected chi connectivity index (χ1v) is 6.04. The predicted octanol–water partition coefficient (Wildman–Crippen LogP) is 2.70. The average molecular weight is 242 g/mol. The van der Waals surface area contributed by atoms with Crippen molar-refractivity contribution in [2.75, 3.05) is 5.32 Å². The van der Waals surface area contributed by atoms with Crippen LogP contribution in [0.15, 0.2) is 42.9 Å². The van der Waals surface area contributed by atoms with E-state index in [1.165, 1.54) is 22.5 Å². The highest BCUT2D eigenvalue weighted by molar-refractivity contribution is 7.09. The van der Waals surface area contributed by atoms with E-state index < -0.39 is 0 Å². The molecule has 0 saturated carbocycles. The second kappa shape index (κ2) is 4.47. The van der Waals surface area contributed by atoms with E-state index in [1.807, 2.05) is 24.5 Å². The fraction of sp³-hybridized carbons (Fsp3) is 0.0833. The van der Waals surface area contributed by atoms with Crippen LogP contribution in [0.1, 0.15) is 5.56 Å². The molecule has 0 spiro atoms. The summed E-state index contributed by atoms with van der Waals surface area (Å²) in [7, 11) is 0. The lowest BCUT2D eigenvalue weighted by Crippen LogP contribution is -1.99. The molecule has 2 aromatic heterocycles. The SMILES string of the molecule is c1ccc2c(CNc3cnns3)cncc2c1. The summed E-state index contributed by atoms with van der Waals surface area (Å²) in [4.78, 5) is 4.24. The lowest BCUT2D eigenvalue weighted by molar-refractivity contribution is 1.13. The van der Waals surface area contributed by atoms with E-state index in [4.69, 9.17) is 0 Å². The monoisotopic (exact) mass is 242 g/mol. The topological polar surface area (TPSA) is 50.7 Å². The van der Waals surface area contributed by atoms with Crippen molar-refractivity contribution < 1.29 is 0 Å². The normalized spacial score (nSPS) is 10.6. The first kappa shape index (κ1) is 10.2. The van der Waals surface area contributed by atoms with Gasteiger partial charge in [0.25, 0.3) is 0 Å². The quantitative estimate of drug-likeness (QED) is 0.767. The van der Waals surface area contributed by atoms with Gasteiger partial charge in [-0.3, -0.25) is 4.98 Å². The molecule has 0 fully saturated rings. The molecule has 1 aromatic carbocycles. The van der Waals surface area contributed by atoms with E-state index >= 15 is 0 Å². The van der Waals surface area contributed by atoms with Gasteiger partial charge in [0.2, 0.25) is 0 Å². The molecule has 0 saturated heterocycles. The smallest absolute Gasteiger partial charge is 0.130 e. The van der Waals surface area contributed by atoms with Gasteiger partial charge in [0.05, 0.1) is 6.20 Å².